The lowest BCUT2D eigenvalue weighted by molar-refractivity contribution is 0.161. The largest absolute Gasteiger partial charge is 0.304 e. The molecular weight excluding hydrogens is 296 g/mol. The number of nitrogens with zero attached hydrogens (tertiary/aromatic N) is 2. The van der Waals surface area contributed by atoms with E-state index in [1.165, 1.54) is 43.4 Å². The summed E-state index contributed by atoms with van der Waals surface area (Å²) in [6.45, 7) is 6.06. The van der Waals surface area contributed by atoms with E-state index >= 15 is 0 Å². The highest BCUT2D eigenvalue weighted by molar-refractivity contribution is 9.10. The normalized spacial score (nSPS) is 18.5. The SMILES string of the molecule is CN1CCN(CCSc2ccc(Br)cc2)CC1. The molecule has 2 rings (SSSR count). The fourth-order valence-electron chi connectivity index (χ4n) is 1.89. The van der Waals surface area contributed by atoms with Crippen molar-refractivity contribution in [1.29, 1.82) is 0 Å². The second kappa shape index (κ2) is 6.78. The Bertz CT molecular complexity index is 334. The van der Waals surface area contributed by atoms with Crippen LogP contribution in [0.4, 0.5) is 0 Å². The smallest absolute Gasteiger partial charge is 0.0176 e. The molecule has 0 radical (unpaired) electrons. The van der Waals surface area contributed by atoms with Crippen LogP contribution >= 0.6 is 27.7 Å². The van der Waals surface area contributed by atoms with Gasteiger partial charge in [0.2, 0.25) is 0 Å². The first-order valence-corrected chi connectivity index (χ1v) is 7.81. The number of hydrogen-bond donors (Lipinski definition) is 0. The van der Waals surface area contributed by atoms with Gasteiger partial charge >= 0.3 is 0 Å². The zero-order chi connectivity index (χ0) is 12.1. The fraction of sp³-hybridized carbons (Fsp3) is 0.538. The summed E-state index contributed by atoms with van der Waals surface area (Å²) in [4.78, 5) is 6.33. The maximum atomic E-state index is 3.46. The zero-order valence-corrected chi connectivity index (χ0v) is 12.6. The molecule has 94 valence electrons. The molecule has 1 aromatic carbocycles. The molecule has 0 aliphatic carbocycles. The van der Waals surface area contributed by atoms with E-state index in [-0.39, 0.29) is 0 Å². The first kappa shape index (κ1) is 13.4. The number of rotatable bonds is 4. The molecule has 17 heavy (non-hydrogen) atoms. The van der Waals surface area contributed by atoms with Crippen molar-refractivity contribution >= 4 is 27.7 Å². The Balaban J connectivity index is 1.67. The van der Waals surface area contributed by atoms with Gasteiger partial charge in [0, 0.05) is 47.8 Å². The molecule has 0 saturated carbocycles. The van der Waals surface area contributed by atoms with E-state index in [9.17, 15) is 0 Å². The highest BCUT2D eigenvalue weighted by atomic mass is 79.9. The highest BCUT2D eigenvalue weighted by Crippen LogP contribution is 2.20. The summed E-state index contributed by atoms with van der Waals surface area (Å²) in [6.07, 6.45) is 0. The quantitative estimate of drug-likeness (QED) is 0.789. The van der Waals surface area contributed by atoms with Crippen LogP contribution in [0, 0.1) is 0 Å². The lowest BCUT2D eigenvalue weighted by atomic mass is 10.3. The predicted octanol–water partition coefficient (Wildman–Crippen LogP) is 2.79. The summed E-state index contributed by atoms with van der Waals surface area (Å²) >= 11 is 5.41. The minimum absolute atomic E-state index is 1.15. The molecule has 0 amide bonds. The molecule has 1 aliphatic heterocycles. The third-order valence-corrected chi connectivity index (χ3v) is 4.61. The van der Waals surface area contributed by atoms with Gasteiger partial charge in [-0.15, -0.1) is 11.8 Å². The Morgan fingerprint density at radius 2 is 1.76 bits per heavy atom. The van der Waals surface area contributed by atoms with Crippen LogP contribution in [0.2, 0.25) is 0 Å². The summed E-state index contributed by atoms with van der Waals surface area (Å²) in [6, 6.07) is 8.58. The number of piperazine rings is 1. The van der Waals surface area contributed by atoms with Crippen LogP contribution in [-0.4, -0.2) is 55.3 Å². The van der Waals surface area contributed by atoms with Crippen LogP contribution in [0.25, 0.3) is 0 Å². The van der Waals surface area contributed by atoms with Gasteiger partial charge in [0.1, 0.15) is 0 Å². The van der Waals surface area contributed by atoms with Gasteiger partial charge in [-0.05, 0) is 31.3 Å². The summed E-state index contributed by atoms with van der Waals surface area (Å²) < 4.78 is 1.15. The number of benzene rings is 1. The van der Waals surface area contributed by atoms with Crippen molar-refractivity contribution in [1.82, 2.24) is 9.80 Å². The molecule has 0 unspecified atom stereocenters. The number of hydrogen-bond acceptors (Lipinski definition) is 3. The standard InChI is InChI=1S/C13H19BrN2S/c1-15-6-8-16(9-7-15)10-11-17-13-4-2-12(14)3-5-13/h2-5H,6-11H2,1H3. The molecular formula is C13H19BrN2S. The average molecular weight is 315 g/mol. The van der Waals surface area contributed by atoms with Gasteiger partial charge < -0.3 is 4.90 Å². The summed E-state index contributed by atoms with van der Waals surface area (Å²) in [5, 5.41) is 0. The van der Waals surface area contributed by atoms with Crippen molar-refractivity contribution in [3.8, 4) is 0 Å². The van der Waals surface area contributed by atoms with Gasteiger partial charge in [0.05, 0.1) is 0 Å². The molecule has 4 heteroatoms. The van der Waals surface area contributed by atoms with E-state index in [4.69, 9.17) is 0 Å². The molecule has 1 saturated heterocycles. The molecule has 0 aromatic heterocycles. The molecule has 1 fully saturated rings. The Morgan fingerprint density at radius 1 is 1.12 bits per heavy atom. The maximum Gasteiger partial charge on any atom is 0.0176 e. The third-order valence-electron chi connectivity index (χ3n) is 3.09. The molecule has 1 aromatic rings. The van der Waals surface area contributed by atoms with Gasteiger partial charge in [-0.2, -0.15) is 0 Å². The molecule has 0 spiro atoms. The van der Waals surface area contributed by atoms with Gasteiger partial charge in [-0.3, -0.25) is 4.90 Å². The van der Waals surface area contributed by atoms with Crippen molar-refractivity contribution in [3.05, 3.63) is 28.7 Å². The van der Waals surface area contributed by atoms with E-state index in [1.807, 2.05) is 11.8 Å². The van der Waals surface area contributed by atoms with Crippen molar-refractivity contribution in [2.45, 2.75) is 4.90 Å². The van der Waals surface area contributed by atoms with Crippen molar-refractivity contribution in [3.63, 3.8) is 0 Å². The molecule has 2 nitrogen and oxygen atoms in total. The molecule has 0 bridgehead atoms. The monoisotopic (exact) mass is 314 g/mol. The first-order valence-electron chi connectivity index (χ1n) is 6.03. The number of thioether (sulfide) groups is 1. The first-order chi connectivity index (χ1) is 8.24. The Hall–Kier alpha value is -0.0300. The van der Waals surface area contributed by atoms with Crippen LogP contribution in [0.1, 0.15) is 0 Å². The van der Waals surface area contributed by atoms with Gasteiger partial charge in [-0.25, -0.2) is 0 Å². The van der Waals surface area contributed by atoms with Crippen LogP contribution in [0.15, 0.2) is 33.6 Å². The van der Waals surface area contributed by atoms with Crippen LogP contribution < -0.4 is 0 Å². The Labute approximate surface area is 116 Å². The van der Waals surface area contributed by atoms with Crippen molar-refractivity contribution in [2.75, 3.05) is 45.5 Å². The number of likely N-dealkylation sites (N-methyl/N-ethyl adjacent to an activating group) is 1. The zero-order valence-electron chi connectivity index (χ0n) is 10.2. The van der Waals surface area contributed by atoms with E-state index in [0.29, 0.717) is 0 Å². The lowest BCUT2D eigenvalue weighted by Gasteiger charge is -2.32. The van der Waals surface area contributed by atoms with Crippen molar-refractivity contribution in [2.24, 2.45) is 0 Å². The minimum Gasteiger partial charge on any atom is -0.304 e. The number of halogens is 1. The fourth-order valence-corrected chi connectivity index (χ4v) is 3.07. The van der Waals surface area contributed by atoms with E-state index in [1.54, 1.807) is 0 Å². The van der Waals surface area contributed by atoms with E-state index < -0.39 is 0 Å². The van der Waals surface area contributed by atoms with Gasteiger partial charge in [0.15, 0.2) is 0 Å². The summed E-state index contributed by atoms with van der Waals surface area (Å²) in [5.41, 5.74) is 0. The van der Waals surface area contributed by atoms with Crippen LogP contribution in [0.5, 0.6) is 0 Å². The second-order valence-corrected chi connectivity index (χ2v) is 6.53. The summed E-state index contributed by atoms with van der Waals surface area (Å²) in [5.74, 6) is 1.19. The lowest BCUT2D eigenvalue weighted by Crippen LogP contribution is -2.45. The third kappa shape index (κ3) is 4.62. The Kier molecular flexibility index (Phi) is 5.35. The van der Waals surface area contributed by atoms with Crippen molar-refractivity contribution < 1.29 is 0 Å². The molecule has 1 aliphatic rings. The van der Waals surface area contributed by atoms with Gasteiger partial charge in [0.25, 0.3) is 0 Å². The van der Waals surface area contributed by atoms with Gasteiger partial charge in [-0.1, -0.05) is 15.9 Å². The topological polar surface area (TPSA) is 6.48 Å². The van der Waals surface area contributed by atoms with E-state index in [2.05, 4.69) is 57.0 Å². The van der Waals surface area contributed by atoms with Crippen LogP contribution in [-0.2, 0) is 0 Å². The van der Waals surface area contributed by atoms with E-state index in [0.717, 1.165) is 4.47 Å². The predicted molar refractivity (Wildman–Crippen MR) is 78.8 cm³/mol. The molecule has 1 heterocycles. The highest BCUT2D eigenvalue weighted by Gasteiger charge is 2.12. The van der Waals surface area contributed by atoms with Crippen LogP contribution in [0.3, 0.4) is 0 Å². The summed E-state index contributed by atoms with van der Waals surface area (Å²) in [7, 11) is 2.20. The average Bonchev–Trinajstić information content (AvgIpc) is 2.34. The minimum atomic E-state index is 1.15. The second-order valence-electron chi connectivity index (χ2n) is 4.45. The molecule has 0 atom stereocenters. The maximum absolute atomic E-state index is 3.46. The molecule has 0 N–H and O–H groups in total. The Morgan fingerprint density at radius 3 is 2.41 bits per heavy atom.